The van der Waals surface area contributed by atoms with E-state index in [0.29, 0.717) is 37.1 Å². The van der Waals surface area contributed by atoms with E-state index in [1.165, 1.54) is 17.7 Å². The largest absolute Gasteiger partial charge is 0.399 e. The van der Waals surface area contributed by atoms with Crippen molar-refractivity contribution in [1.82, 2.24) is 15.1 Å². The van der Waals surface area contributed by atoms with Gasteiger partial charge in [0.1, 0.15) is 12.1 Å². The molecule has 0 unspecified atom stereocenters. The summed E-state index contributed by atoms with van der Waals surface area (Å²) < 4.78 is 40.4. The van der Waals surface area contributed by atoms with Crippen LogP contribution in [-0.2, 0) is 19.8 Å². The van der Waals surface area contributed by atoms with Crippen molar-refractivity contribution in [2.75, 3.05) is 13.1 Å². The van der Waals surface area contributed by atoms with Crippen molar-refractivity contribution in [3.63, 3.8) is 0 Å². The van der Waals surface area contributed by atoms with Gasteiger partial charge in [0.2, 0.25) is 11.8 Å². The van der Waals surface area contributed by atoms with E-state index in [1.54, 1.807) is 4.90 Å². The van der Waals surface area contributed by atoms with Crippen molar-refractivity contribution in [2.24, 2.45) is 5.92 Å². The van der Waals surface area contributed by atoms with Crippen LogP contribution in [-0.4, -0.2) is 79.7 Å². The summed E-state index contributed by atoms with van der Waals surface area (Å²) in [6.07, 6.45) is 1.52. The first kappa shape index (κ1) is 32.7. The lowest BCUT2D eigenvalue weighted by Gasteiger charge is -2.39. The number of thiophene rings is 1. The number of alkyl halides is 2. The molecular formula is C32H36F2N3O7PS. The predicted molar refractivity (Wildman–Crippen MR) is 167 cm³/mol. The molecule has 4 N–H and O–H groups in total. The quantitative estimate of drug-likeness (QED) is 0.284. The molecule has 10 nitrogen and oxygen atoms in total. The first-order valence-corrected chi connectivity index (χ1v) is 17.8. The van der Waals surface area contributed by atoms with E-state index >= 15 is 0 Å². The van der Waals surface area contributed by atoms with Crippen LogP contribution in [0, 0.1) is 5.92 Å². The predicted octanol–water partition coefficient (Wildman–Crippen LogP) is 4.39. The number of likely N-dealkylation sites (tertiary alicyclic amines) is 1. The molecule has 14 heteroatoms. The number of aliphatic hydroxyl groups excluding tert-OH is 1. The highest BCUT2D eigenvalue weighted by molar-refractivity contribution is 7.52. The Morgan fingerprint density at radius 3 is 2.50 bits per heavy atom. The van der Waals surface area contributed by atoms with E-state index < -0.39 is 48.8 Å². The van der Waals surface area contributed by atoms with Crippen molar-refractivity contribution >= 4 is 46.7 Å². The number of carbonyl (C=O) groups is 3. The lowest BCUT2D eigenvalue weighted by molar-refractivity contribution is -0.148. The van der Waals surface area contributed by atoms with Crippen molar-refractivity contribution in [2.45, 2.75) is 74.8 Å². The molecule has 0 spiro atoms. The second-order valence-corrected chi connectivity index (χ2v) is 15.4. The number of nitrogens with zero attached hydrogens (tertiary/aromatic N) is 2. The smallest absolute Gasteiger partial charge is 0.393 e. The van der Waals surface area contributed by atoms with Crippen LogP contribution in [0.2, 0.25) is 0 Å². The second-order valence-electron chi connectivity index (χ2n) is 12.7. The van der Waals surface area contributed by atoms with Gasteiger partial charge >= 0.3 is 13.3 Å². The van der Waals surface area contributed by atoms with Gasteiger partial charge < -0.3 is 30.0 Å². The highest BCUT2D eigenvalue weighted by Crippen LogP contribution is 2.59. The summed E-state index contributed by atoms with van der Waals surface area (Å²) in [4.78, 5) is 63.2. The highest BCUT2D eigenvalue weighted by atomic mass is 32.1. The third kappa shape index (κ3) is 6.11. The van der Waals surface area contributed by atoms with E-state index in [2.05, 4.69) is 17.4 Å². The van der Waals surface area contributed by atoms with Crippen molar-refractivity contribution < 1.29 is 42.6 Å². The summed E-state index contributed by atoms with van der Waals surface area (Å²) in [5.74, 6) is -1.19. The van der Waals surface area contributed by atoms with Gasteiger partial charge in [-0.1, -0.05) is 43.3 Å². The molecule has 4 heterocycles. The van der Waals surface area contributed by atoms with Gasteiger partial charge in [-0.05, 0) is 60.7 Å². The fourth-order valence-electron chi connectivity index (χ4n) is 7.06. The van der Waals surface area contributed by atoms with Crippen LogP contribution < -0.4 is 5.32 Å². The average Bonchev–Trinajstić information content (AvgIpc) is 3.77. The summed E-state index contributed by atoms with van der Waals surface area (Å²) in [5.41, 5.74) is -4.11. The molecule has 46 heavy (non-hydrogen) atoms. The Hall–Kier alpha value is -3.22. The number of carbonyl (C=O) groups excluding carboxylic acids is 3. The van der Waals surface area contributed by atoms with Crippen LogP contribution in [0.1, 0.15) is 65.7 Å². The van der Waals surface area contributed by atoms with Gasteiger partial charge in [-0.2, -0.15) is 8.78 Å². The van der Waals surface area contributed by atoms with Crippen LogP contribution in [0.3, 0.4) is 0 Å². The van der Waals surface area contributed by atoms with E-state index in [9.17, 15) is 32.8 Å². The normalized spacial score (nSPS) is 27.4. The molecular weight excluding hydrogens is 639 g/mol. The molecule has 2 aromatic carbocycles. The molecule has 0 bridgehead atoms. The average molecular weight is 676 g/mol. The SMILES string of the molecule is C[C@H]1C[C@H]2CC[C@@H](C(=O)N3CC[C@@H](c4ccccc4)C3)N2C(=O)[C@@H](NC(=O)c2cc3cc(C(F)(F)P(=O)(O)O)ccc3s2)C[C@@H]1O. The number of hydrogen-bond donors (Lipinski definition) is 4. The number of benzene rings is 2. The summed E-state index contributed by atoms with van der Waals surface area (Å²) in [7, 11) is -5.78. The molecule has 3 aliphatic heterocycles. The van der Waals surface area contributed by atoms with Crippen LogP contribution in [0.5, 0.6) is 0 Å². The van der Waals surface area contributed by atoms with Gasteiger partial charge in [-0.15, -0.1) is 11.3 Å². The summed E-state index contributed by atoms with van der Waals surface area (Å²) in [5, 5.41) is 13.8. The first-order valence-electron chi connectivity index (χ1n) is 15.4. The molecule has 1 aromatic heterocycles. The summed E-state index contributed by atoms with van der Waals surface area (Å²) in [6.45, 7) is 3.04. The number of hydrogen-bond acceptors (Lipinski definition) is 6. The number of nitrogens with one attached hydrogen (secondary N) is 1. The summed E-state index contributed by atoms with van der Waals surface area (Å²) >= 11 is 0.974. The second kappa shape index (κ2) is 12.4. The molecule has 3 aromatic rings. The van der Waals surface area contributed by atoms with Gasteiger partial charge in [0.05, 0.1) is 11.0 Å². The lowest BCUT2D eigenvalue weighted by atomic mass is 9.88. The molecule has 3 saturated heterocycles. The van der Waals surface area contributed by atoms with Gasteiger partial charge in [0.15, 0.2) is 0 Å². The standard InChI is InChI=1S/C32H36F2N3O7PS/c1-18-13-23-8-9-25(31(41)36-12-11-20(17-36)19-5-3-2-4-6-19)37(23)30(40)24(16-26(18)38)35-29(39)28-15-21-14-22(7-10-27(21)46-28)32(33,34)45(42,43)44/h2-7,10,14-15,18,20,23-26,38H,8-9,11-13,16-17H2,1H3,(H,35,39)(H2,42,43,44)/t18-,20+,23+,24-,25-,26-/m0/s1. The Balaban J connectivity index is 1.21. The van der Waals surface area contributed by atoms with E-state index in [0.717, 1.165) is 29.9 Å². The van der Waals surface area contributed by atoms with Crippen LogP contribution in [0.25, 0.3) is 10.1 Å². The maximum Gasteiger partial charge on any atom is 0.399 e. The van der Waals surface area contributed by atoms with E-state index in [-0.39, 0.29) is 40.5 Å². The third-order valence-electron chi connectivity index (χ3n) is 9.65. The molecule has 246 valence electrons. The fraction of sp³-hybridized carbons (Fsp3) is 0.469. The molecule has 6 atom stereocenters. The minimum absolute atomic E-state index is 0.0563. The van der Waals surface area contributed by atoms with Gasteiger partial charge in [0.25, 0.3) is 5.91 Å². The lowest BCUT2D eigenvalue weighted by Crippen LogP contribution is -2.58. The Labute approximate surface area is 268 Å². The topological polar surface area (TPSA) is 147 Å². The van der Waals surface area contributed by atoms with Crippen LogP contribution >= 0.6 is 18.9 Å². The third-order valence-corrected chi connectivity index (χ3v) is 11.8. The minimum Gasteiger partial charge on any atom is -0.393 e. The number of halogens is 2. The Morgan fingerprint density at radius 2 is 1.78 bits per heavy atom. The van der Waals surface area contributed by atoms with Gasteiger partial charge in [-0.3, -0.25) is 18.9 Å². The highest BCUT2D eigenvalue weighted by Gasteiger charge is 2.51. The number of aliphatic hydroxyl groups is 1. The Kier molecular flexibility index (Phi) is 8.84. The fourth-order valence-corrected chi connectivity index (χ4v) is 8.48. The number of rotatable bonds is 6. The molecule has 0 aliphatic carbocycles. The Bertz CT molecular complexity index is 1700. The van der Waals surface area contributed by atoms with E-state index in [4.69, 9.17) is 9.79 Å². The zero-order chi connectivity index (χ0) is 33.0. The number of fused-ring (bicyclic) bond motifs is 2. The van der Waals surface area contributed by atoms with E-state index in [1.807, 2.05) is 30.0 Å². The zero-order valence-corrected chi connectivity index (χ0v) is 26.8. The molecule has 0 radical (unpaired) electrons. The molecule has 3 fully saturated rings. The van der Waals surface area contributed by atoms with Crippen molar-refractivity contribution in [3.8, 4) is 0 Å². The van der Waals surface area contributed by atoms with Crippen LogP contribution in [0.15, 0.2) is 54.6 Å². The van der Waals surface area contributed by atoms with Crippen LogP contribution in [0.4, 0.5) is 8.78 Å². The van der Waals surface area contributed by atoms with Gasteiger partial charge in [-0.25, -0.2) is 0 Å². The maximum atomic E-state index is 14.3. The molecule has 3 amide bonds. The monoisotopic (exact) mass is 675 g/mol. The number of amides is 3. The molecule has 6 rings (SSSR count). The molecule has 3 aliphatic rings. The van der Waals surface area contributed by atoms with Crippen molar-refractivity contribution in [1.29, 1.82) is 0 Å². The van der Waals surface area contributed by atoms with Crippen molar-refractivity contribution in [3.05, 3.63) is 70.6 Å². The van der Waals surface area contributed by atoms with Gasteiger partial charge in [0, 0.05) is 41.7 Å². The maximum absolute atomic E-state index is 14.3. The first-order chi connectivity index (χ1) is 21.7. The summed E-state index contributed by atoms with van der Waals surface area (Å²) in [6, 6.07) is 12.4. The molecule has 0 saturated carbocycles. The Morgan fingerprint density at radius 1 is 1.04 bits per heavy atom. The minimum atomic E-state index is -5.78. The zero-order valence-electron chi connectivity index (χ0n) is 25.1.